The van der Waals surface area contributed by atoms with E-state index >= 15 is 0 Å². The van der Waals surface area contributed by atoms with Gasteiger partial charge in [0.25, 0.3) is 5.91 Å². The number of hydrogen-bond donors (Lipinski definition) is 2. The first-order chi connectivity index (χ1) is 9.13. The molecule has 0 saturated carbocycles. The summed E-state index contributed by atoms with van der Waals surface area (Å²) in [5.74, 6) is -0.628. The highest BCUT2D eigenvalue weighted by atomic mass is 35.5. The van der Waals surface area contributed by atoms with Crippen LogP contribution in [0.5, 0.6) is 0 Å². The molecule has 2 rings (SSSR count). The predicted octanol–water partition coefficient (Wildman–Crippen LogP) is 0.647. The second-order valence-electron chi connectivity index (χ2n) is 3.66. The first-order valence-corrected chi connectivity index (χ1v) is 5.68. The summed E-state index contributed by atoms with van der Waals surface area (Å²) in [6.45, 7) is 0.260. The van der Waals surface area contributed by atoms with E-state index in [0.29, 0.717) is 11.4 Å². The molecule has 0 bridgehead atoms. The van der Waals surface area contributed by atoms with Gasteiger partial charge >= 0.3 is 0 Å². The lowest BCUT2D eigenvalue weighted by molar-refractivity contribution is -0.105. The van der Waals surface area contributed by atoms with Gasteiger partial charge in [-0.25, -0.2) is 4.68 Å². The zero-order valence-electron chi connectivity index (χ0n) is 9.71. The third-order valence-electron chi connectivity index (χ3n) is 2.44. The summed E-state index contributed by atoms with van der Waals surface area (Å²) < 4.78 is 1.34. The Morgan fingerprint density at radius 2 is 2.21 bits per heavy atom. The average Bonchev–Trinajstić information content (AvgIpc) is 2.76. The van der Waals surface area contributed by atoms with Crippen LogP contribution in [-0.4, -0.2) is 27.3 Å². The van der Waals surface area contributed by atoms with E-state index in [-0.39, 0.29) is 18.1 Å². The number of primary amides is 1. The molecule has 0 saturated heterocycles. The average molecular weight is 280 g/mol. The number of benzene rings is 1. The SMILES string of the molecule is NC(=O)c1nnn(Cc2ccccc2Cl)c1NC=O. The quantitative estimate of drug-likeness (QED) is 0.784. The number of rotatable bonds is 5. The summed E-state index contributed by atoms with van der Waals surface area (Å²) in [4.78, 5) is 21.7. The molecule has 1 heterocycles. The second-order valence-corrected chi connectivity index (χ2v) is 4.07. The van der Waals surface area contributed by atoms with E-state index in [1.165, 1.54) is 4.68 Å². The van der Waals surface area contributed by atoms with Gasteiger partial charge < -0.3 is 11.1 Å². The molecule has 8 heteroatoms. The molecule has 2 aromatic rings. The van der Waals surface area contributed by atoms with Gasteiger partial charge in [-0.05, 0) is 11.6 Å². The van der Waals surface area contributed by atoms with Crippen molar-refractivity contribution in [1.29, 1.82) is 0 Å². The first kappa shape index (κ1) is 13.0. The van der Waals surface area contributed by atoms with Crippen molar-refractivity contribution in [1.82, 2.24) is 15.0 Å². The second kappa shape index (κ2) is 5.49. The maximum absolute atomic E-state index is 11.2. The molecular weight excluding hydrogens is 270 g/mol. The van der Waals surface area contributed by atoms with Crippen LogP contribution in [0.15, 0.2) is 24.3 Å². The fourth-order valence-corrected chi connectivity index (χ4v) is 1.77. The van der Waals surface area contributed by atoms with E-state index in [0.717, 1.165) is 5.56 Å². The Hall–Kier alpha value is -2.41. The van der Waals surface area contributed by atoms with Gasteiger partial charge in [-0.2, -0.15) is 0 Å². The van der Waals surface area contributed by atoms with Crippen molar-refractivity contribution in [3.05, 3.63) is 40.5 Å². The minimum Gasteiger partial charge on any atom is -0.364 e. The summed E-state index contributed by atoms with van der Waals surface area (Å²) in [5.41, 5.74) is 5.82. The summed E-state index contributed by atoms with van der Waals surface area (Å²) in [6.07, 6.45) is 0.425. The predicted molar refractivity (Wildman–Crippen MR) is 68.8 cm³/mol. The highest BCUT2D eigenvalue weighted by molar-refractivity contribution is 6.31. The van der Waals surface area contributed by atoms with E-state index in [1.54, 1.807) is 18.2 Å². The van der Waals surface area contributed by atoms with Crippen LogP contribution in [0.4, 0.5) is 5.82 Å². The third kappa shape index (κ3) is 2.71. The van der Waals surface area contributed by atoms with E-state index in [4.69, 9.17) is 17.3 Å². The monoisotopic (exact) mass is 279 g/mol. The van der Waals surface area contributed by atoms with Crippen molar-refractivity contribution in [2.75, 3.05) is 5.32 Å². The van der Waals surface area contributed by atoms with Crippen LogP contribution >= 0.6 is 11.6 Å². The highest BCUT2D eigenvalue weighted by Crippen LogP contribution is 2.19. The van der Waals surface area contributed by atoms with Crippen LogP contribution in [0, 0.1) is 0 Å². The van der Waals surface area contributed by atoms with Gasteiger partial charge in [0.2, 0.25) is 6.41 Å². The number of nitrogens with one attached hydrogen (secondary N) is 1. The van der Waals surface area contributed by atoms with E-state index < -0.39 is 5.91 Å². The number of carbonyl (C=O) groups is 2. The van der Waals surface area contributed by atoms with Gasteiger partial charge in [-0.3, -0.25) is 9.59 Å². The first-order valence-electron chi connectivity index (χ1n) is 5.30. The summed E-state index contributed by atoms with van der Waals surface area (Å²) in [6, 6.07) is 7.15. The molecular formula is C11H10ClN5O2. The smallest absolute Gasteiger partial charge is 0.273 e. The van der Waals surface area contributed by atoms with Crippen molar-refractivity contribution in [3.63, 3.8) is 0 Å². The normalized spacial score (nSPS) is 10.2. The van der Waals surface area contributed by atoms with Crippen LogP contribution in [0.2, 0.25) is 5.02 Å². The van der Waals surface area contributed by atoms with Crippen molar-refractivity contribution < 1.29 is 9.59 Å². The lowest BCUT2D eigenvalue weighted by Crippen LogP contribution is -2.15. The molecule has 19 heavy (non-hydrogen) atoms. The van der Waals surface area contributed by atoms with Crippen molar-refractivity contribution in [2.45, 2.75) is 6.54 Å². The fraction of sp³-hybridized carbons (Fsp3) is 0.0909. The summed E-state index contributed by atoms with van der Waals surface area (Å²) in [5, 5.41) is 10.3. The Morgan fingerprint density at radius 1 is 1.47 bits per heavy atom. The van der Waals surface area contributed by atoms with Crippen LogP contribution in [-0.2, 0) is 11.3 Å². The van der Waals surface area contributed by atoms with Crippen molar-refractivity contribution >= 4 is 29.7 Å². The molecule has 0 aliphatic heterocycles. The molecule has 0 spiro atoms. The zero-order chi connectivity index (χ0) is 13.8. The number of hydrogen-bond acceptors (Lipinski definition) is 4. The standard InChI is InChI=1S/C11H10ClN5O2/c12-8-4-2-1-3-7(8)5-17-11(14-6-18)9(10(13)19)15-16-17/h1-4,6H,5H2,(H2,13,19)(H,14,18). The summed E-state index contributed by atoms with van der Waals surface area (Å²) >= 11 is 6.03. The number of halogens is 1. The summed E-state index contributed by atoms with van der Waals surface area (Å²) in [7, 11) is 0. The van der Waals surface area contributed by atoms with Crippen LogP contribution < -0.4 is 11.1 Å². The Bertz CT molecular complexity index is 625. The minimum atomic E-state index is -0.769. The number of nitrogens with zero attached hydrogens (tertiary/aromatic N) is 3. The Morgan fingerprint density at radius 3 is 2.84 bits per heavy atom. The number of carbonyl (C=O) groups excluding carboxylic acids is 2. The van der Waals surface area contributed by atoms with E-state index in [2.05, 4.69) is 15.6 Å². The van der Waals surface area contributed by atoms with Gasteiger partial charge in [-0.15, -0.1) is 5.10 Å². The number of aromatic nitrogens is 3. The molecule has 1 aromatic heterocycles. The molecule has 2 amide bonds. The lowest BCUT2D eigenvalue weighted by Gasteiger charge is -2.07. The van der Waals surface area contributed by atoms with Gasteiger partial charge in [-0.1, -0.05) is 35.0 Å². The number of nitrogens with two attached hydrogens (primary N) is 1. The molecule has 98 valence electrons. The lowest BCUT2D eigenvalue weighted by atomic mass is 10.2. The van der Waals surface area contributed by atoms with E-state index in [1.807, 2.05) is 6.07 Å². The van der Waals surface area contributed by atoms with Crippen molar-refractivity contribution in [3.8, 4) is 0 Å². The fourth-order valence-electron chi connectivity index (χ4n) is 1.58. The zero-order valence-corrected chi connectivity index (χ0v) is 10.5. The molecule has 3 N–H and O–H groups in total. The van der Waals surface area contributed by atoms with Gasteiger partial charge in [0, 0.05) is 5.02 Å². The molecule has 7 nitrogen and oxygen atoms in total. The third-order valence-corrected chi connectivity index (χ3v) is 2.81. The highest BCUT2D eigenvalue weighted by Gasteiger charge is 2.17. The van der Waals surface area contributed by atoms with Crippen LogP contribution in [0.3, 0.4) is 0 Å². The van der Waals surface area contributed by atoms with E-state index in [9.17, 15) is 9.59 Å². The molecule has 0 fully saturated rings. The largest absolute Gasteiger partial charge is 0.364 e. The maximum Gasteiger partial charge on any atom is 0.273 e. The molecule has 0 aliphatic rings. The maximum atomic E-state index is 11.2. The Kier molecular flexibility index (Phi) is 3.76. The Balaban J connectivity index is 2.38. The minimum absolute atomic E-state index is 0.0980. The van der Waals surface area contributed by atoms with Crippen LogP contribution in [0.1, 0.15) is 16.1 Å². The van der Waals surface area contributed by atoms with Crippen molar-refractivity contribution in [2.24, 2.45) is 5.73 Å². The van der Waals surface area contributed by atoms with Gasteiger partial charge in [0.15, 0.2) is 11.5 Å². The molecule has 0 atom stereocenters. The number of amides is 2. The molecule has 0 unspecified atom stereocenters. The van der Waals surface area contributed by atoms with Gasteiger partial charge in [0.05, 0.1) is 6.54 Å². The Labute approximate surface area is 113 Å². The topological polar surface area (TPSA) is 103 Å². The number of anilines is 1. The van der Waals surface area contributed by atoms with Gasteiger partial charge in [0.1, 0.15) is 0 Å². The molecule has 0 aliphatic carbocycles. The molecule has 1 aromatic carbocycles. The van der Waals surface area contributed by atoms with Crippen LogP contribution in [0.25, 0.3) is 0 Å². The molecule has 0 radical (unpaired) electrons.